The zero-order valence-corrected chi connectivity index (χ0v) is 12.4. The molecule has 1 aromatic carbocycles. The van der Waals surface area contributed by atoms with E-state index in [0.717, 1.165) is 31.8 Å². The van der Waals surface area contributed by atoms with E-state index in [1.165, 1.54) is 5.56 Å². The quantitative estimate of drug-likeness (QED) is 0.531. The molecule has 0 spiro atoms. The molecule has 0 saturated carbocycles. The van der Waals surface area contributed by atoms with Crippen molar-refractivity contribution in [2.45, 2.75) is 33.2 Å². The minimum Gasteiger partial charge on any atom is -0.494 e. The minimum atomic E-state index is 0.168. The highest BCUT2D eigenvalue weighted by molar-refractivity contribution is 5.30. The van der Waals surface area contributed by atoms with Crippen molar-refractivity contribution in [1.29, 1.82) is 0 Å². The smallest absolute Gasteiger partial charge is 0.119 e. The van der Waals surface area contributed by atoms with Gasteiger partial charge < -0.3 is 9.64 Å². The first kappa shape index (κ1) is 16.0. The van der Waals surface area contributed by atoms with E-state index in [9.17, 15) is 0 Å². The molecule has 4 heteroatoms. The molecule has 0 aliphatic rings. The summed E-state index contributed by atoms with van der Waals surface area (Å²) in [6.45, 7) is 10.2. The first-order valence-electron chi connectivity index (χ1n) is 7.16. The fourth-order valence-corrected chi connectivity index (χ4v) is 2.19. The summed E-state index contributed by atoms with van der Waals surface area (Å²) in [6, 6.07) is 8.32. The summed E-state index contributed by atoms with van der Waals surface area (Å²) in [5, 5.41) is 0. The van der Waals surface area contributed by atoms with Gasteiger partial charge in [-0.05, 0) is 50.7 Å². The molecule has 0 bridgehead atoms. The van der Waals surface area contributed by atoms with Gasteiger partial charge in [-0.2, -0.15) is 0 Å². The zero-order chi connectivity index (χ0) is 14.1. The molecule has 108 valence electrons. The largest absolute Gasteiger partial charge is 0.494 e. The molecule has 1 atom stereocenters. The molecule has 0 amide bonds. The van der Waals surface area contributed by atoms with Gasteiger partial charge in [0, 0.05) is 6.04 Å². The van der Waals surface area contributed by atoms with Gasteiger partial charge in [0.2, 0.25) is 0 Å². The van der Waals surface area contributed by atoms with Gasteiger partial charge in [0.1, 0.15) is 5.75 Å². The van der Waals surface area contributed by atoms with Gasteiger partial charge in [-0.3, -0.25) is 11.3 Å². The van der Waals surface area contributed by atoms with Crippen LogP contribution in [0.5, 0.6) is 5.75 Å². The van der Waals surface area contributed by atoms with E-state index in [2.05, 4.69) is 36.3 Å². The highest BCUT2D eigenvalue weighted by atomic mass is 16.5. The van der Waals surface area contributed by atoms with Crippen LogP contribution in [0.4, 0.5) is 0 Å². The first-order chi connectivity index (χ1) is 9.24. The molecule has 1 aromatic rings. The van der Waals surface area contributed by atoms with Crippen LogP contribution in [0.3, 0.4) is 0 Å². The Morgan fingerprint density at radius 1 is 1.26 bits per heavy atom. The fourth-order valence-electron chi connectivity index (χ4n) is 2.19. The van der Waals surface area contributed by atoms with Gasteiger partial charge >= 0.3 is 0 Å². The van der Waals surface area contributed by atoms with Gasteiger partial charge in [-0.25, -0.2) is 0 Å². The molecular formula is C15H27N3O. The van der Waals surface area contributed by atoms with Gasteiger partial charge in [-0.15, -0.1) is 0 Å². The SMILES string of the molecule is CCOc1cccc(C(CCN(CC)CC)NN)c1. The van der Waals surface area contributed by atoms with Crippen LogP contribution in [0.25, 0.3) is 0 Å². The molecule has 3 N–H and O–H groups in total. The lowest BCUT2D eigenvalue weighted by Crippen LogP contribution is -2.32. The Bertz CT molecular complexity index is 353. The van der Waals surface area contributed by atoms with Crippen molar-refractivity contribution in [3.05, 3.63) is 29.8 Å². The number of benzene rings is 1. The number of nitrogens with one attached hydrogen (secondary N) is 1. The van der Waals surface area contributed by atoms with Crippen molar-refractivity contribution < 1.29 is 4.74 Å². The summed E-state index contributed by atoms with van der Waals surface area (Å²) < 4.78 is 5.53. The summed E-state index contributed by atoms with van der Waals surface area (Å²) in [6.07, 6.45) is 0.994. The number of rotatable bonds is 9. The highest BCUT2D eigenvalue weighted by Gasteiger charge is 2.11. The Labute approximate surface area is 116 Å². The Morgan fingerprint density at radius 3 is 2.58 bits per heavy atom. The van der Waals surface area contributed by atoms with E-state index in [1.807, 2.05) is 19.1 Å². The van der Waals surface area contributed by atoms with Crippen molar-refractivity contribution in [3.63, 3.8) is 0 Å². The average Bonchev–Trinajstić information content (AvgIpc) is 2.44. The second-order valence-corrected chi connectivity index (χ2v) is 4.54. The maximum absolute atomic E-state index is 5.69. The molecule has 4 nitrogen and oxygen atoms in total. The van der Waals surface area contributed by atoms with Gasteiger partial charge in [-0.1, -0.05) is 26.0 Å². The summed E-state index contributed by atoms with van der Waals surface area (Å²) in [7, 11) is 0. The molecular weight excluding hydrogens is 238 g/mol. The molecule has 0 radical (unpaired) electrons. The molecule has 1 unspecified atom stereocenters. The van der Waals surface area contributed by atoms with E-state index in [1.54, 1.807) is 0 Å². The Kier molecular flexibility index (Phi) is 7.48. The third-order valence-corrected chi connectivity index (χ3v) is 3.40. The summed E-state index contributed by atoms with van der Waals surface area (Å²) >= 11 is 0. The van der Waals surface area contributed by atoms with Crippen molar-refractivity contribution in [3.8, 4) is 5.75 Å². The first-order valence-corrected chi connectivity index (χ1v) is 7.16. The predicted molar refractivity (Wildman–Crippen MR) is 80.1 cm³/mol. The van der Waals surface area contributed by atoms with Crippen LogP contribution in [-0.4, -0.2) is 31.1 Å². The lowest BCUT2D eigenvalue weighted by atomic mass is 10.0. The lowest BCUT2D eigenvalue weighted by molar-refractivity contribution is 0.282. The summed E-state index contributed by atoms with van der Waals surface area (Å²) in [5.41, 5.74) is 4.09. The molecule has 0 heterocycles. The second kappa shape index (κ2) is 8.91. The van der Waals surface area contributed by atoms with Gasteiger partial charge in [0.05, 0.1) is 6.61 Å². The fraction of sp³-hybridized carbons (Fsp3) is 0.600. The average molecular weight is 265 g/mol. The molecule has 0 fully saturated rings. The van der Waals surface area contributed by atoms with Crippen molar-refractivity contribution >= 4 is 0 Å². The van der Waals surface area contributed by atoms with E-state index in [4.69, 9.17) is 10.6 Å². The maximum atomic E-state index is 5.69. The molecule has 0 aliphatic heterocycles. The normalized spacial score (nSPS) is 12.7. The van der Waals surface area contributed by atoms with Crippen LogP contribution in [0.2, 0.25) is 0 Å². The van der Waals surface area contributed by atoms with Crippen molar-refractivity contribution in [2.24, 2.45) is 5.84 Å². The third-order valence-electron chi connectivity index (χ3n) is 3.40. The Balaban J connectivity index is 2.65. The molecule has 19 heavy (non-hydrogen) atoms. The van der Waals surface area contributed by atoms with Crippen LogP contribution in [0, 0.1) is 0 Å². The lowest BCUT2D eigenvalue weighted by Gasteiger charge is -2.22. The van der Waals surface area contributed by atoms with Crippen molar-refractivity contribution in [1.82, 2.24) is 10.3 Å². The standard InChI is InChI=1S/C15H27N3O/c1-4-18(5-2)11-10-15(17-16)13-8-7-9-14(12-13)19-6-3/h7-9,12,15,17H,4-6,10-11,16H2,1-3H3. The van der Waals surface area contributed by atoms with E-state index < -0.39 is 0 Å². The minimum absolute atomic E-state index is 0.168. The van der Waals surface area contributed by atoms with E-state index >= 15 is 0 Å². The number of ether oxygens (including phenoxy) is 1. The predicted octanol–water partition coefficient (Wildman–Crippen LogP) is 2.32. The van der Waals surface area contributed by atoms with Crippen LogP contribution >= 0.6 is 0 Å². The Hall–Kier alpha value is -1.10. The zero-order valence-electron chi connectivity index (χ0n) is 12.4. The maximum Gasteiger partial charge on any atom is 0.119 e. The van der Waals surface area contributed by atoms with Gasteiger partial charge in [0.25, 0.3) is 0 Å². The topological polar surface area (TPSA) is 50.5 Å². The Morgan fingerprint density at radius 2 is 2.00 bits per heavy atom. The molecule has 1 rings (SSSR count). The monoisotopic (exact) mass is 265 g/mol. The molecule has 0 aliphatic carbocycles. The molecule has 0 saturated heterocycles. The third kappa shape index (κ3) is 5.19. The van der Waals surface area contributed by atoms with Crippen LogP contribution in [-0.2, 0) is 0 Å². The number of hydrogen-bond donors (Lipinski definition) is 2. The van der Waals surface area contributed by atoms with Crippen LogP contribution in [0.15, 0.2) is 24.3 Å². The number of hydrogen-bond acceptors (Lipinski definition) is 4. The second-order valence-electron chi connectivity index (χ2n) is 4.54. The van der Waals surface area contributed by atoms with Crippen LogP contribution in [0.1, 0.15) is 38.8 Å². The summed E-state index contributed by atoms with van der Waals surface area (Å²) in [5.74, 6) is 6.59. The number of nitrogens with two attached hydrogens (primary N) is 1. The van der Waals surface area contributed by atoms with Crippen LogP contribution < -0.4 is 16.0 Å². The summed E-state index contributed by atoms with van der Waals surface area (Å²) in [4.78, 5) is 2.40. The number of hydrazine groups is 1. The van der Waals surface area contributed by atoms with Crippen molar-refractivity contribution in [2.75, 3.05) is 26.2 Å². The van der Waals surface area contributed by atoms with Gasteiger partial charge in [0.15, 0.2) is 0 Å². The van der Waals surface area contributed by atoms with E-state index in [0.29, 0.717) is 6.61 Å². The molecule has 0 aromatic heterocycles. The highest BCUT2D eigenvalue weighted by Crippen LogP contribution is 2.21. The van der Waals surface area contributed by atoms with E-state index in [-0.39, 0.29) is 6.04 Å². The number of nitrogens with zero attached hydrogens (tertiary/aromatic N) is 1.